The largest absolute Gasteiger partial charge is 0.353 e. The van der Waals surface area contributed by atoms with Crippen LogP contribution in [0.25, 0.3) is 0 Å². The third-order valence-electron chi connectivity index (χ3n) is 12.2. The molecule has 0 radical (unpaired) electrons. The molecule has 0 aliphatic carbocycles. The lowest BCUT2D eigenvalue weighted by atomic mass is 10.1. The summed E-state index contributed by atoms with van der Waals surface area (Å²) in [5, 5.41) is 0. The summed E-state index contributed by atoms with van der Waals surface area (Å²) in [6.07, 6.45) is 53.0. The molecule has 0 spiro atoms. The van der Waals surface area contributed by atoms with Gasteiger partial charge in [-0.1, -0.05) is 208 Å². The van der Waals surface area contributed by atoms with Crippen LogP contribution in [-0.4, -0.2) is 64.8 Å². The molecule has 0 fully saturated rings. The van der Waals surface area contributed by atoms with Crippen molar-refractivity contribution in [3.05, 3.63) is 24.3 Å². The van der Waals surface area contributed by atoms with Gasteiger partial charge in [0, 0.05) is 26.4 Å². The van der Waals surface area contributed by atoms with Gasteiger partial charge in [-0.2, -0.15) is 0 Å². The lowest BCUT2D eigenvalue weighted by Gasteiger charge is -2.22. The van der Waals surface area contributed by atoms with Gasteiger partial charge < -0.3 is 33.2 Å². The van der Waals surface area contributed by atoms with E-state index in [-0.39, 0.29) is 12.6 Å². The van der Waals surface area contributed by atoms with E-state index in [1.165, 1.54) is 154 Å². The molecular weight excluding hydrogens is 809 g/mol. The van der Waals surface area contributed by atoms with Gasteiger partial charge in [-0.25, -0.2) is 0 Å². The first-order chi connectivity index (χ1) is 32.1. The Bertz CT molecular complexity index is 824. The third-order valence-corrected chi connectivity index (χ3v) is 12.2. The summed E-state index contributed by atoms with van der Waals surface area (Å²) in [5.41, 5.74) is 0. The molecule has 0 aliphatic heterocycles. The van der Waals surface area contributed by atoms with E-state index in [4.69, 9.17) is 33.2 Å². The van der Waals surface area contributed by atoms with Crippen LogP contribution in [0.3, 0.4) is 0 Å². The molecule has 0 amide bonds. The van der Waals surface area contributed by atoms with Gasteiger partial charge in [0.05, 0.1) is 13.2 Å². The fourth-order valence-corrected chi connectivity index (χ4v) is 7.89. The molecule has 0 saturated carbocycles. The smallest absolute Gasteiger partial charge is 0.180 e. The summed E-state index contributed by atoms with van der Waals surface area (Å²) in [5.74, 6) is 0. The number of hydrogen-bond acceptors (Lipinski definition) is 7. The summed E-state index contributed by atoms with van der Waals surface area (Å²) in [4.78, 5) is 0. The third kappa shape index (κ3) is 49.4. The molecule has 7 heteroatoms. The molecule has 0 saturated heterocycles. The maximum absolute atomic E-state index is 6.61. The fraction of sp³-hybridized carbons (Fsp3) is 0.931. The van der Waals surface area contributed by atoms with Crippen LogP contribution in [0.5, 0.6) is 0 Å². The molecule has 2 unspecified atom stereocenters. The Balaban J connectivity index is 5.40. The Morgan fingerprint density at radius 1 is 0.262 bits per heavy atom. The van der Waals surface area contributed by atoms with Crippen molar-refractivity contribution in [1.82, 2.24) is 0 Å². The second-order valence-corrected chi connectivity index (χ2v) is 18.9. The Labute approximate surface area is 406 Å². The number of allylic oxidation sites excluding steroid dienone is 2. The second-order valence-electron chi connectivity index (χ2n) is 18.9. The van der Waals surface area contributed by atoms with Crippen molar-refractivity contribution in [2.45, 2.75) is 311 Å². The molecule has 0 aromatic rings. The van der Waals surface area contributed by atoms with E-state index in [9.17, 15) is 0 Å². The minimum atomic E-state index is -0.435. The second kappa shape index (κ2) is 55.8. The van der Waals surface area contributed by atoms with Crippen molar-refractivity contribution < 1.29 is 33.2 Å². The highest BCUT2D eigenvalue weighted by atomic mass is 16.8. The van der Waals surface area contributed by atoms with Gasteiger partial charge in [0.2, 0.25) is 0 Å². The SMILES string of the molecule is CCCCCCCOC(C=CCCCCC(OCCCCCCC)OCCCCCCC)OC(C=CCCCCC(OCCCCCCC)OCCCCCCC)OCCCCCCC. The molecule has 0 heterocycles. The van der Waals surface area contributed by atoms with E-state index in [2.05, 4.69) is 65.8 Å². The molecule has 7 nitrogen and oxygen atoms in total. The summed E-state index contributed by atoms with van der Waals surface area (Å²) >= 11 is 0. The fourth-order valence-electron chi connectivity index (χ4n) is 7.89. The van der Waals surface area contributed by atoms with Crippen molar-refractivity contribution in [2.75, 3.05) is 39.6 Å². The molecule has 65 heavy (non-hydrogen) atoms. The quantitative estimate of drug-likeness (QED) is 0.0342. The summed E-state index contributed by atoms with van der Waals surface area (Å²) in [6.45, 7) is 18.2. The van der Waals surface area contributed by atoms with Gasteiger partial charge in [-0.05, 0) is 102 Å². The van der Waals surface area contributed by atoms with Gasteiger partial charge >= 0.3 is 0 Å². The van der Waals surface area contributed by atoms with E-state index < -0.39 is 12.6 Å². The normalized spacial score (nSPS) is 13.2. The van der Waals surface area contributed by atoms with E-state index in [1.807, 2.05) is 0 Å². The first-order valence-corrected chi connectivity index (χ1v) is 28.8. The number of unbranched alkanes of at least 4 members (excludes halogenated alkanes) is 28. The van der Waals surface area contributed by atoms with Crippen LogP contribution in [0.15, 0.2) is 24.3 Å². The zero-order valence-electron chi connectivity index (χ0n) is 44.6. The maximum atomic E-state index is 6.61. The molecule has 0 aliphatic rings. The number of hydrogen-bond donors (Lipinski definition) is 0. The van der Waals surface area contributed by atoms with Crippen molar-refractivity contribution in [3.8, 4) is 0 Å². The zero-order chi connectivity index (χ0) is 47.2. The van der Waals surface area contributed by atoms with Crippen molar-refractivity contribution in [2.24, 2.45) is 0 Å². The average Bonchev–Trinajstić information content (AvgIpc) is 3.31. The minimum absolute atomic E-state index is 0.0894. The lowest BCUT2D eigenvalue weighted by molar-refractivity contribution is -0.208. The van der Waals surface area contributed by atoms with Crippen molar-refractivity contribution in [3.63, 3.8) is 0 Å². The summed E-state index contributed by atoms with van der Waals surface area (Å²) in [6, 6.07) is 0. The molecule has 388 valence electrons. The van der Waals surface area contributed by atoms with E-state index in [1.54, 1.807) is 0 Å². The van der Waals surface area contributed by atoms with E-state index in [0.29, 0.717) is 13.2 Å². The van der Waals surface area contributed by atoms with Crippen LogP contribution in [0.1, 0.15) is 286 Å². The van der Waals surface area contributed by atoms with Crippen LogP contribution in [0.4, 0.5) is 0 Å². The standard InChI is InChI=1S/C58H114O7/c1-7-13-19-29-39-49-59-55(60-50-40-30-20-14-8-2)45-35-25-27-37-47-57(63-53-43-33-23-17-11-5)65-58(64-54-44-34-24-18-12-6)48-38-28-26-36-46-56(61-51-41-31-21-15-9-3)62-52-42-32-22-16-10-4/h37-38,47-48,55-58H,7-36,39-46,49-54H2,1-6H3. The van der Waals surface area contributed by atoms with Crippen LogP contribution in [-0.2, 0) is 33.2 Å². The predicted octanol–water partition coefficient (Wildman–Crippen LogP) is 18.5. The summed E-state index contributed by atoms with van der Waals surface area (Å²) < 4.78 is 44.6. The average molecular weight is 924 g/mol. The molecule has 2 atom stereocenters. The molecule has 0 rings (SSSR count). The van der Waals surface area contributed by atoms with Gasteiger partial charge in [0.25, 0.3) is 0 Å². The van der Waals surface area contributed by atoms with Crippen molar-refractivity contribution in [1.29, 1.82) is 0 Å². The molecule has 0 bridgehead atoms. The highest BCUT2D eigenvalue weighted by Crippen LogP contribution is 2.17. The molecular formula is C58H114O7. The van der Waals surface area contributed by atoms with Crippen LogP contribution < -0.4 is 0 Å². The first kappa shape index (κ1) is 64.2. The molecule has 0 aromatic heterocycles. The van der Waals surface area contributed by atoms with Crippen LogP contribution in [0.2, 0.25) is 0 Å². The van der Waals surface area contributed by atoms with Crippen molar-refractivity contribution >= 4 is 0 Å². The topological polar surface area (TPSA) is 64.6 Å². The monoisotopic (exact) mass is 923 g/mol. The molecule has 0 aromatic carbocycles. The Kier molecular flexibility index (Phi) is 55.1. The molecule has 0 N–H and O–H groups in total. The first-order valence-electron chi connectivity index (χ1n) is 28.8. The van der Waals surface area contributed by atoms with Crippen LogP contribution >= 0.6 is 0 Å². The zero-order valence-corrected chi connectivity index (χ0v) is 44.6. The van der Waals surface area contributed by atoms with E-state index >= 15 is 0 Å². The van der Waals surface area contributed by atoms with Gasteiger partial charge in [0.1, 0.15) is 0 Å². The van der Waals surface area contributed by atoms with Gasteiger partial charge in [-0.3, -0.25) is 0 Å². The lowest BCUT2D eigenvalue weighted by Crippen LogP contribution is -2.25. The van der Waals surface area contributed by atoms with Gasteiger partial charge in [0.15, 0.2) is 25.2 Å². The maximum Gasteiger partial charge on any atom is 0.180 e. The number of ether oxygens (including phenoxy) is 7. The summed E-state index contributed by atoms with van der Waals surface area (Å²) in [7, 11) is 0. The van der Waals surface area contributed by atoms with Gasteiger partial charge in [-0.15, -0.1) is 0 Å². The Hall–Kier alpha value is -0.800. The minimum Gasteiger partial charge on any atom is -0.353 e. The van der Waals surface area contributed by atoms with Crippen LogP contribution in [0, 0.1) is 0 Å². The van der Waals surface area contributed by atoms with E-state index in [0.717, 1.165) is 116 Å². The number of rotatable bonds is 56. The Morgan fingerprint density at radius 2 is 0.508 bits per heavy atom. The predicted molar refractivity (Wildman–Crippen MR) is 280 cm³/mol. The highest BCUT2D eigenvalue weighted by Gasteiger charge is 2.15. The highest BCUT2D eigenvalue weighted by molar-refractivity contribution is 4.90. The Morgan fingerprint density at radius 3 is 0.769 bits per heavy atom.